The Labute approximate surface area is 75.3 Å². The SMILES string of the molecule is O=[N+]([O-])CC(=NCCO)NCCO. The van der Waals surface area contributed by atoms with Gasteiger partial charge in [0.15, 0.2) is 5.84 Å². The lowest BCUT2D eigenvalue weighted by atomic mass is 10.5. The van der Waals surface area contributed by atoms with Gasteiger partial charge in [-0.2, -0.15) is 0 Å². The van der Waals surface area contributed by atoms with Crippen molar-refractivity contribution in [2.45, 2.75) is 0 Å². The Morgan fingerprint density at radius 2 is 2.15 bits per heavy atom. The summed E-state index contributed by atoms with van der Waals surface area (Å²) >= 11 is 0. The van der Waals surface area contributed by atoms with E-state index in [9.17, 15) is 10.1 Å². The predicted octanol–water partition coefficient (Wildman–Crippen LogP) is -1.76. The third kappa shape index (κ3) is 7.16. The van der Waals surface area contributed by atoms with E-state index < -0.39 is 11.5 Å². The number of aliphatic imine (C=N–C) groups is 1. The normalized spacial score (nSPS) is 11.4. The molecule has 0 aromatic rings. The van der Waals surface area contributed by atoms with E-state index in [1.807, 2.05) is 0 Å². The number of nitro groups is 1. The third-order valence-corrected chi connectivity index (χ3v) is 1.12. The molecule has 0 aromatic heterocycles. The zero-order valence-corrected chi connectivity index (χ0v) is 7.14. The van der Waals surface area contributed by atoms with E-state index >= 15 is 0 Å². The van der Waals surface area contributed by atoms with E-state index in [2.05, 4.69) is 10.3 Å². The maximum atomic E-state index is 10.1. The van der Waals surface area contributed by atoms with Crippen LogP contribution in [0, 0.1) is 10.1 Å². The summed E-state index contributed by atoms with van der Waals surface area (Å²) in [7, 11) is 0. The number of hydrogen-bond acceptors (Lipinski definition) is 5. The van der Waals surface area contributed by atoms with Gasteiger partial charge in [-0.25, -0.2) is 0 Å². The fourth-order valence-corrected chi connectivity index (χ4v) is 0.669. The van der Waals surface area contributed by atoms with Crippen LogP contribution in [0.5, 0.6) is 0 Å². The molecule has 0 amide bonds. The molecule has 3 N–H and O–H groups in total. The molecule has 0 aliphatic carbocycles. The summed E-state index contributed by atoms with van der Waals surface area (Å²) in [5.41, 5.74) is 0. The molecule has 0 atom stereocenters. The predicted molar refractivity (Wildman–Crippen MR) is 46.3 cm³/mol. The first-order chi connectivity index (χ1) is 6.20. The average molecular weight is 191 g/mol. The molecule has 0 bridgehead atoms. The van der Waals surface area contributed by atoms with Crippen LogP contribution in [0.1, 0.15) is 0 Å². The second-order valence-electron chi connectivity index (χ2n) is 2.19. The smallest absolute Gasteiger partial charge is 0.259 e. The molecule has 7 nitrogen and oxygen atoms in total. The van der Waals surface area contributed by atoms with Gasteiger partial charge in [-0.1, -0.05) is 0 Å². The molecule has 0 saturated heterocycles. The van der Waals surface area contributed by atoms with Gasteiger partial charge in [-0.15, -0.1) is 0 Å². The number of rotatable bonds is 6. The highest BCUT2D eigenvalue weighted by molar-refractivity contribution is 5.83. The summed E-state index contributed by atoms with van der Waals surface area (Å²) < 4.78 is 0. The van der Waals surface area contributed by atoms with Crippen LogP contribution < -0.4 is 5.32 Å². The van der Waals surface area contributed by atoms with Crippen molar-refractivity contribution < 1.29 is 15.1 Å². The van der Waals surface area contributed by atoms with Gasteiger partial charge in [0, 0.05) is 11.5 Å². The molecule has 0 heterocycles. The highest BCUT2D eigenvalue weighted by atomic mass is 16.6. The van der Waals surface area contributed by atoms with Crippen molar-refractivity contribution in [2.75, 3.05) is 32.8 Å². The highest BCUT2D eigenvalue weighted by Crippen LogP contribution is 1.78. The van der Waals surface area contributed by atoms with E-state index in [0.717, 1.165) is 0 Å². The van der Waals surface area contributed by atoms with Gasteiger partial charge in [-0.05, 0) is 0 Å². The lowest BCUT2D eigenvalue weighted by molar-refractivity contribution is -0.463. The van der Waals surface area contributed by atoms with E-state index in [-0.39, 0.29) is 32.1 Å². The molecule has 0 spiro atoms. The van der Waals surface area contributed by atoms with Crippen molar-refractivity contribution in [1.29, 1.82) is 0 Å². The first-order valence-corrected chi connectivity index (χ1v) is 3.81. The highest BCUT2D eigenvalue weighted by Gasteiger charge is 2.05. The Kier molecular flexibility index (Phi) is 6.75. The molecule has 0 rings (SSSR count). The first-order valence-electron chi connectivity index (χ1n) is 3.81. The molecular weight excluding hydrogens is 178 g/mol. The average Bonchev–Trinajstić information content (AvgIpc) is 2.09. The second kappa shape index (κ2) is 7.44. The number of hydrogen-bond donors (Lipinski definition) is 3. The van der Waals surface area contributed by atoms with Crippen molar-refractivity contribution in [3.8, 4) is 0 Å². The van der Waals surface area contributed by atoms with Crippen LogP contribution in [0.25, 0.3) is 0 Å². The number of aliphatic hydroxyl groups excluding tert-OH is 2. The van der Waals surface area contributed by atoms with Crippen LogP contribution in [0.2, 0.25) is 0 Å². The van der Waals surface area contributed by atoms with Gasteiger partial charge in [0.05, 0.1) is 19.8 Å². The summed E-state index contributed by atoms with van der Waals surface area (Å²) in [6.07, 6.45) is 0. The summed E-state index contributed by atoms with van der Waals surface area (Å²) in [5, 5.41) is 29.5. The minimum Gasteiger partial charge on any atom is -0.395 e. The van der Waals surface area contributed by atoms with Gasteiger partial charge in [-0.3, -0.25) is 15.1 Å². The Balaban J connectivity index is 3.94. The minimum absolute atomic E-state index is 0.115. The minimum atomic E-state index is -0.527. The Bertz CT molecular complexity index is 183. The summed E-state index contributed by atoms with van der Waals surface area (Å²) in [5.74, 6) is 0.174. The van der Waals surface area contributed by atoms with Crippen LogP contribution in [0.3, 0.4) is 0 Å². The van der Waals surface area contributed by atoms with E-state index in [1.165, 1.54) is 0 Å². The maximum Gasteiger partial charge on any atom is 0.259 e. The molecule has 0 saturated carbocycles. The Hall–Kier alpha value is -1.21. The topological polar surface area (TPSA) is 108 Å². The Morgan fingerprint density at radius 1 is 1.46 bits per heavy atom. The maximum absolute atomic E-state index is 10.1. The fraction of sp³-hybridized carbons (Fsp3) is 0.833. The molecule has 0 aromatic carbocycles. The van der Waals surface area contributed by atoms with Gasteiger partial charge in [0.25, 0.3) is 6.54 Å². The van der Waals surface area contributed by atoms with Crippen molar-refractivity contribution in [1.82, 2.24) is 5.32 Å². The second-order valence-corrected chi connectivity index (χ2v) is 2.19. The summed E-state index contributed by atoms with van der Waals surface area (Å²) in [6.45, 7) is -0.336. The molecule has 13 heavy (non-hydrogen) atoms. The van der Waals surface area contributed by atoms with Gasteiger partial charge in [0.2, 0.25) is 0 Å². The Morgan fingerprint density at radius 3 is 2.62 bits per heavy atom. The van der Waals surface area contributed by atoms with Crippen LogP contribution in [0.4, 0.5) is 0 Å². The zero-order valence-electron chi connectivity index (χ0n) is 7.14. The largest absolute Gasteiger partial charge is 0.395 e. The molecule has 0 unspecified atom stereocenters. The molecular formula is C6H13N3O4. The first kappa shape index (κ1) is 11.8. The quantitative estimate of drug-likeness (QED) is 0.199. The standard InChI is InChI=1S/C6H13N3O4/c10-3-1-7-6(5-9(12)13)8-2-4-11/h10-11H,1-5H2,(H,7,8). The number of nitrogens with one attached hydrogen (secondary N) is 1. The van der Waals surface area contributed by atoms with Crippen LogP contribution >= 0.6 is 0 Å². The van der Waals surface area contributed by atoms with Crippen molar-refractivity contribution in [3.05, 3.63) is 10.1 Å². The number of nitrogens with zero attached hydrogens (tertiary/aromatic N) is 2. The number of aliphatic hydroxyl groups is 2. The third-order valence-electron chi connectivity index (χ3n) is 1.12. The molecule has 0 aliphatic heterocycles. The van der Waals surface area contributed by atoms with E-state index in [1.54, 1.807) is 0 Å². The van der Waals surface area contributed by atoms with Crippen LogP contribution in [0.15, 0.2) is 4.99 Å². The lowest BCUT2D eigenvalue weighted by Crippen LogP contribution is -2.32. The number of amidine groups is 1. The summed E-state index contributed by atoms with van der Waals surface area (Å²) in [4.78, 5) is 13.3. The molecule has 0 aliphatic rings. The van der Waals surface area contributed by atoms with E-state index in [0.29, 0.717) is 0 Å². The van der Waals surface area contributed by atoms with Gasteiger partial charge >= 0.3 is 0 Å². The van der Waals surface area contributed by atoms with Crippen LogP contribution in [-0.4, -0.2) is 53.8 Å². The van der Waals surface area contributed by atoms with Crippen molar-refractivity contribution >= 4 is 5.84 Å². The molecule has 76 valence electrons. The van der Waals surface area contributed by atoms with Crippen LogP contribution in [-0.2, 0) is 0 Å². The van der Waals surface area contributed by atoms with Gasteiger partial charge in [0.1, 0.15) is 0 Å². The lowest BCUT2D eigenvalue weighted by Gasteiger charge is -2.03. The van der Waals surface area contributed by atoms with Gasteiger partial charge < -0.3 is 15.5 Å². The van der Waals surface area contributed by atoms with E-state index in [4.69, 9.17) is 10.2 Å². The van der Waals surface area contributed by atoms with Crippen molar-refractivity contribution in [3.63, 3.8) is 0 Å². The monoisotopic (exact) mass is 191 g/mol. The molecule has 0 fully saturated rings. The molecule has 0 radical (unpaired) electrons. The molecule has 7 heteroatoms. The zero-order chi connectivity index (χ0) is 10.1. The summed E-state index contributed by atoms with van der Waals surface area (Å²) in [6, 6.07) is 0. The fourth-order valence-electron chi connectivity index (χ4n) is 0.669. The van der Waals surface area contributed by atoms with Crippen molar-refractivity contribution in [2.24, 2.45) is 4.99 Å².